The maximum Gasteiger partial charge on any atom is 0.573 e. The molecule has 0 radical (unpaired) electrons. The molecule has 13 heteroatoms. The third-order valence-corrected chi connectivity index (χ3v) is 9.71. The minimum atomic E-state index is -4.75. The van der Waals surface area contributed by atoms with E-state index >= 15 is 0 Å². The van der Waals surface area contributed by atoms with E-state index in [1.807, 2.05) is 18.5 Å². The molecule has 1 aliphatic heterocycles. The van der Waals surface area contributed by atoms with Crippen LogP contribution < -0.4 is 9.47 Å². The molecule has 1 aliphatic carbocycles. The first-order valence-corrected chi connectivity index (χ1v) is 15.4. The number of likely N-dealkylation sites (tertiary alicyclic amines) is 1. The largest absolute Gasteiger partial charge is 0.573 e. The number of rotatable bonds is 8. The molecular weight excluding hydrogens is 571 g/mol. The van der Waals surface area contributed by atoms with Crippen LogP contribution in [0.5, 0.6) is 11.5 Å². The summed E-state index contributed by atoms with van der Waals surface area (Å²) < 4.78 is 72.2. The summed E-state index contributed by atoms with van der Waals surface area (Å²) in [4.78, 5) is 9.68. The van der Waals surface area contributed by atoms with Gasteiger partial charge < -0.3 is 14.5 Å². The van der Waals surface area contributed by atoms with Gasteiger partial charge in [-0.2, -0.15) is 5.10 Å². The molecule has 4 aromatic rings. The number of hydrogen-bond donors (Lipinski definition) is 2. The topological polar surface area (TPSA) is 110 Å². The van der Waals surface area contributed by atoms with Gasteiger partial charge in [-0.25, -0.2) is 13.4 Å². The minimum absolute atomic E-state index is 0.0400. The van der Waals surface area contributed by atoms with E-state index in [1.54, 1.807) is 6.20 Å². The highest BCUT2D eigenvalue weighted by Crippen LogP contribution is 2.42. The number of ether oxygens (including phenoxy) is 2. The lowest BCUT2D eigenvalue weighted by Gasteiger charge is -2.41. The van der Waals surface area contributed by atoms with Gasteiger partial charge in [0.15, 0.2) is 10.7 Å². The summed E-state index contributed by atoms with van der Waals surface area (Å²) in [6, 6.07) is 7.32. The highest BCUT2D eigenvalue weighted by atomic mass is 32.2. The van der Waals surface area contributed by atoms with Gasteiger partial charge in [0.2, 0.25) is 0 Å². The van der Waals surface area contributed by atoms with Crippen LogP contribution in [-0.2, 0) is 10.7 Å². The number of nitrogens with one attached hydrogen (secondary N) is 1. The molecule has 2 fully saturated rings. The first-order valence-electron chi connectivity index (χ1n) is 14.2. The molecule has 0 spiro atoms. The first kappa shape index (κ1) is 28.7. The molecule has 1 saturated heterocycles. The number of thiol groups is 1. The molecule has 2 unspecified atom stereocenters. The van der Waals surface area contributed by atoms with Crippen molar-refractivity contribution in [2.24, 2.45) is 11.8 Å². The number of hydrogen-bond acceptors (Lipinski definition) is 8. The van der Waals surface area contributed by atoms with Crippen molar-refractivity contribution in [2.75, 3.05) is 19.7 Å². The Kier molecular flexibility index (Phi) is 8.22. The molecule has 0 amide bonds. The predicted molar refractivity (Wildman–Crippen MR) is 151 cm³/mol. The lowest BCUT2D eigenvalue weighted by atomic mass is 9.77. The number of benzene rings is 1. The van der Waals surface area contributed by atoms with Crippen molar-refractivity contribution in [1.29, 1.82) is 0 Å². The molecule has 42 heavy (non-hydrogen) atoms. The molecule has 1 aromatic carbocycles. The second-order valence-corrected chi connectivity index (χ2v) is 12.3. The maximum absolute atomic E-state index is 12.6. The fraction of sp³-hybridized carbons (Fsp3) is 0.483. The Morgan fingerprint density at radius 3 is 2.52 bits per heavy atom. The van der Waals surface area contributed by atoms with Crippen LogP contribution in [0, 0.1) is 11.8 Å². The van der Waals surface area contributed by atoms with Gasteiger partial charge >= 0.3 is 6.36 Å². The van der Waals surface area contributed by atoms with Crippen LogP contribution in [0.1, 0.15) is 50.0 Å². The number of pyridine rings is 1. The number of aromatic nitrogens is 4. The summed E-state index contributed by atoms with van der Waals surface area (Å²) in [6.07, 6.45) is 5.79. The molecule has 3 aromatic heterocycles. The van der Waals surface area contributed by atoms with Crippen LogP contribution in [0.3, 0.4) is 0 Å². The number of halogens is 3. The Morgan fingerprint density at radius 2 is 1.79 bits per heavy atom. The number of piperidine rings is 1. The van der Waals surface area contributed by atoms with E-state index in [0.29, 0.717) is 25.4 Å². The molecule has 6 rings (SSSR count). The van der Waals surface area contributed by atoms with E-state index in [1.165, 1.54) is 24.3 Å². The highest BCUT2D eigenvalue weighted by Gasteiger charge is 2.37. The van der Waals surface area contributed by atoms with E-state index in [-0.39, 0.29) is 23.5 Å². The van der Waals surface area contributed by atoms with E-state index < -0.39 is 22.4 Å². The first-order chi connectivity index (χ1) is 20.2. The van der Waals surface area contributed by atoms with Crippen molar-refractivity contribution >= 4 is 32.6 Å². The lowest BCUT2D eigenvalue weighted by Crippen LogP contribution is -2.48. The number of alkyl halides is 3. The maximum atomic E-state index is 12.6. The predicted octanol–water partition coefficient (Wildman–Crippen LogP) is 5.41. The van der Waals surface area contributed by atoms with Gasteiger partial charge in [-0.3, -0.25) is 4.90 Å². The smallest absolute Gasteiger partial charge is 0.493 e. The Balaban J connectivity index is 1.08. The Labute approximate surface area is 242 Å². The third-order valence-electron chi connectivity index (χ3n) is 8.53. The van der Waals surface area contributed by atoms with Crippen molar-refractivity contribution in [3.8, 4) is 11.5 Å². The van der Waals surface area contributed by atoms with Crippen LogP contribution in [0.4, 0.5) is 13.2 Å². The summed E-state index contributed by atoms with van der Waals surface area (Å²) in [6.45, 7) is 1.67. The average molecular weight is 604 g/mol. The quantitative estimate of drug-likeness (QED) is 0.258. The van der Waals surface area contributed by atoms with Crippen LogP contribution in [0.25, 0.3) is 21.9 Å². The van der Waals surface area contributed by atoms with Crippen LogP contribution in [-0.4, -0.2) is 64.9 Å². The van der Waals surface area contributed by atoms with E-state index in [2.05, 4.69) is 29.8 Å². The van der Waals surface area contributed by atoms with E-state index in [4.69, 9.17) is 4.74 Å². The molecule has 9 nitrogen and oxygen atoms in total. The van der Waals surface area contributed by atoms with Crippen LogP contribution >= 0.6 is 0 Å². The van der Waals surface area contributed by atoms with Crippen molar-refractivity contribution in [3.05, 3.63) is 54.5 Å². The van der Waals surface area contributed by atoms with Crippen molar-refractivity contribution in [2.45, 2.75) is 56.2 Å². The second kappa shape index (κ2) is 12.0. The summed E-state index contributed by atoms with van der Waals surface area (Å²) in [5.74, 6) is 0.555. The Morgan fingerprint density at radius 1 is 1.02 bits per heavy atom. The Hall–Kier alpha value is -3.45. The summed E-state index contributed by atoms with van der Waals surface area (Å²) in [7, 11) is -2.67. The Bertz CT molecular complexity index is 1590. The monoisotopic (exact) mass is 603 g/mol. The van der Waals surface area contributed by atoms with Gasteiger partial charge in [-0.15, -0.1) is 18.3 Å². The van der Waals surface area contributed by atoms with E-state index in [0.717, 1.165) is 66.0 Å². The molecule has 0 bridgehead atoms. The third kappa shape index (κ3) is 6.31. The normalized spacial score (nSPS) is 22.9. The molecule has 2 atom stereocenters. The zero-order valence-corrected chi connectivity index (χ0v) is 23.7. The number of H-pyrrole nitrogens is 1. The van der Waals surface area contributed by atoms with Gasteiger partial charge in [-0.1, -0.05) is 0 Å². The summed E-state index contributed by atoms with van der Waals surface area (Å²) in [5, 5.41) is 10.1. The minimum Gasteiger partial charge on any atom is -0.493 e. The summed E-state index contributed by atoms with van der Waals surface area (Å²) in [5.41, 5.74) is 2.71. The molecular formula is C29H32F3N5O4S. The average Bonchev–Trinajstić information content (AvgIpc) is 3.46. The standard InChI is InChI=1S/C29H32F3N5O4S/c30-29(31,32)41-22-9-7-21(8-10-22)40-17-18-2-1-13-37(16-18)28(42(38)39)20-5-3-19(4-6-20)24-14-35-36-25-15-34-27-23(26(24)25)11-12-33-27/h7-12,14-15,18-20,28,42H,1-6,13,16-17H2,(H,33,34). The van der Waals surface area contributed by atoms with Crippen LogP contribution in [0.2, 0.25) is 0 Å². The van der Waals surface area contributed by atoms with Crippen molar-refractivity contribution in [3.63, 3.8) is 0 Å². The molecule has 1 saturated carbocycles. The number of nitrogens with zero attached hydrogens (tertiary/aromatic N) is 4. The molecule has 4 heterocycles. The van der Waals surface area contributed by atoms with Gasteiger partial charge in [0.25, 0.3) is 0 Å². The van der Waals surface area contributed by atoms with Gasteiger partial charge in [0, 0.05) is 29.4 Å². The molecule has 1 N–H and O–H groups in total. The lowest BCUT2D eigenvalue weighted by molar-refractivity contribution is -0.274. The fourth-order valence-electron chi connectivity index (χ4n) is 6.66. The number of fused-ring (bicyclic) bond motifs is 3. The SMILES string of the molecule is O=[SH](=O)C(C1CCC(c2cnnc3cnc4[nH]ccc4c23)CC1)N1CCCC(COc2ccc(OC(F)(F)F)cc2)C1. The van der Waals surface area contributed by atoms with Gasteiger partial charge in [0.1, 0.15) is 28.0 Å². The van der Waals surface area contributed by atoms with Crippen molar-refractivity contribution in [1.82, 2.24) is 25.1 Å². The summed E-state index contributed by atoms with van der Waals surface area (Å²) >= 11 is 0. The zero-order chi connectivity index (χ0) is 29.3. The second-order valence-electron chi connectivity index (χ2n) is 11.2. The zero-order valence-electron chi connectivity index (χ0n) is 22.8. The fourth-order valence-corrected chi connectivity index (χ4v) is 7.78. The molecule has 224 valence electrons. The number of aromatic amines is 1. The van der Waals surface area contributed by atoms with Gasteiger partial charge in [0.05, 0.1) is 19.0 Å². The van der Waals surface area contributed by atoms with Gasteiger partial charge in [-0.05, 0) is 92.8 Å². The van der Waals surface area contributed by atoms with Crippen LogP contribution in [0.15, 0.2) is 48.9 Å². The van der Waals surface area contributed by atoms with E-state index in [9.17, 15) is 21.6 Å². The van der Waals surface area contributed by atoms with Crippen molar-refractivity contribution < 1.29 is 31.1 Å². The molecule has 2 aliphatic rings. The highest BCUT2D eigenvalue weighted by molar-refractivity contribution is 7.73.